The fraction of sp³-hybridized carbons (Fsp3) is 0.138. The smallest absolute Gasteiger partial charge is 0.136 e. The number of nitrogens with zero attached hydrogens (tertiary/aromatic N) is 2. The van der Waals surface area contributed by atoms with Crippen LogP contribution in [0.25, 0.3) is 65.4 Å². The van der Waals surface area contributed by atoms with Crippen molar-refractivity contribution in [1.29, 1.82) is 0 Å². The molecule has 11 rings (SSSR count). The second kappa shape index (κ2) is 14.1. The standard InChI is InChI=1S/C58H48N2O2/c1-33-9-17-45(18-10-33)59(51-23-13-35(3)37(5)39(51)7)47-21-15-41-29-49-55(31-43(41)27-47)61-53-25-26-54-58(57(49)53)50-30-42-16-22-48(28-44(42)32-56(50)62-54)60(46-19-11-34(2)12-20-46)52-24-14-36(4)38(6)40(52)8/h9-32H,1-8H3. The van der Waals surface area contributed by atoms with Gasteiger partial charge >= 0.3 is 0 Å². The molecule has 2 heterocycles. The highest BCUT2D eigenvalue weighted by Gasteiger charge is 2.22. The molecule has 0 bridgehead atoms. The van der Waals surface area contributed by atoms with E-state index in [0.717, 1.165) is 88.2 Å². The van der Waals surface area contributed by atoms with Gasteiger partial charge in [-0.15, -0.1) is 0 Å². The average Bonchev–Trinajstić information content (AvgIpc) is 3.82. The Hall–Kier alpha value is -7.30. The molecule has 4 heteroatoms. The van der Waals surface area contributed by atoms with Crippen LogP contribution in [0.3, 0.4) is 0 Å². The van der Waals surface area contributed by atoms with Crippen molar-refractivity contribution in [3.8, 4) is 0 Å². The third kappa shape index (κ3) is 5.96. The molecule has 9 aromatic carbocycles. The first-order valence-electron chi connectivity index (χ1n) is 21.6. The summed E-state index contributed by atoms with van der Waals surface area (Å²) in [6, 6.07) is 53.2. The molecule has 0 N–H and O–H groups in total. The number of rotatable bonds is 6. The molecule has 0 amide bonds. The summed E-state index contributed by atoms with van der Waals surface area (Å²) < 4.78 is 13.4. The van der Waals surface area contributed by atoms with Crippen molar-refractivity contribution < 1.29 is 8.83 Å². The second-order valence-corrected chi connectivity index (χ2v) is 17.4. The van der Waals surface area contributed by atoms with Crippen LogP contribution in [0.1, 0.15) is 44.5 Å². The zero-order valence-electron chi connectivity index (χ0n) is 36.6. The highest BCUT2D eigenvalue weighted by atomic mass is 16.3. The molecule has 302 valence electrons. The Labute approximate surface area is 362 Å². The van der Waals surface area contributed by atoms with E-state index in [1.807, 2.05) is 0 Å². The van der Waals surface area contributed by atoms with E-state index in [0.29, 0.717) is 0 Å². The van der Waals surface area contributed by atoms with Crippen molar-refractivity contribution >= 4 is 99.5 Å². The van der Waals surface area contributed by atoms with Gasteiger partial charge in [0.15, 0.2) is 0 Å². The Bertz CT molecular complexity index is 3370. The fourth-order valence-corrected chi connectivity index (χ4v) is 9.48. The van der Waals surface area contributed by atoms with Gasteiger partial charge in [-0.2, -0.15) is 0 Å². The van der Waals surface area contributed by atoms with Crippen molar-refractivity contribution in [1.82, 2.24) is 0 Å². The Kier molecular flexibility index (Phi) is 8.59. The van der Waals surface area contributed by atoms with Crippen LogP contribution in [0.4, 0.5) is 34.1 Å². The largest absolute Gasteiger partial charge is 0.456 e. The van der Waals surface area contributed by atoms with Gasteiger partial charge in [-0.25, -0.2) is 0 Å². The first-order valence-corrected chi connectivity index (χ1v) is 21.6. The number of fused-ring (bicyclic) bond motifs is 9. The summed E-state index contributed by atoms with van der Waals surface area (Å²) in [5.74, 6) is 0. The van der Waals surface area contributed by atoms with Crippen molar-refractivity contribution in [3.05, 3.63) is 190 Å². The number of hydrogen-bond acceptors (Lipinski definition) is 4. The molecule has 0 fully saturated rings. The molecule has 0 aliphatic heterocycles. The molecule has 62 heavy (non-hydrogen) atoms. The molecule has 4 nitrogen and oxygen atoms in total. The highest BCUT2D eigenvalue weighted by molar-refractivity contribution is 6.28. The molecule has 0 saturated carbocycles. The minimum Gasteiger partial charge on any atom is -0.456 e. The molecule has 11 aromatic rings. The number of anilines is 6. The molecule has 0 radical (unpaired) electrons. The summed E-state index contributed by atoms with van der Waals surface area (Å²) in [5, 5.41) is 8.90. The highest BCUT2D eigenvalue weighted by Crippen LogP contribution is 2.45. The average molecular weight is 805 g/mol. The lowest BCUT2D eigenvalue weighted by Crippen LogP contribution is -2.12. The molecule has 0 aliphatic rings. The van der Waals surface area contributed by atoms with Crippen LogP contribution in [0, 0.1) is 55.4 Å². The van der Waals surface area contributed by atoms with Gasteiger partial charge in [0, 0.05) is 55.7 Å². The molecule has 0 aliphatic carbocycles. The minimum atomic E-state index is 0.853. The Morgan fingerprint density at radius 1 is 0.306 bits per heavy atom. The summed E-state index contributed by atoms with van der Waals surface area (Å²) in [4.78, 5) is 4.75. The summed E-state index contributed by atoms with van der Waals surface area (Å²) in [7, 11) is 0. The molecule has 0 spiro atoms. The van der Waals surface area contributed by atoms with Crippen molar-refractivity contribution in [2.45, 2.75) is 55.4 Å². The minimum absolute atomic E-state index is 0.853. The van der Waals surface area contributed by atoms with Crippen LogP contribution >= 0.6 is 0 Å². The third-order valence-electron chi connectivity index (χ3n) is 13.6. The summed E-state index contributed by atoms with van der Waals surface area (Å²) in [6.45, 7) is 17.5. The monoisotopic (exact) mass is 804 g/mol. The third-order valence-corrected chi connectivity index (χ3v) is 13.6. The maximum absolute atomic E-state index is 6.70. The lowest BCUT2D eigenvalue weighted by molar-refractivity contribution is 0.663. The number of hydrogen-bond donors (Lipinski definition) is 0. The van der Waals surface area contributed by atoms with E-state index in [1.54, 1.807) is 0 Å². The first-order chi connectivity index (χ1) is 30.0. The van der Waals surface area contributed by atoms with Crippen LogP contribution in [0.5, 0.6) is 0 Å². The topological polar surface area (TPSA) is 32.8 Å². The molecule has 2 aromatic heterocycles. The first kappa shape index (κ1) is 37.7. The summed E-state index contributed by atoms with van der Waals surface area (Å²) in [5.41, 5.74) is 20.5. The van der Waals surface area contributed by atoms with Crippen LogP contribution in [0.2, 0.25) is 0 Å². The lowest BCUT2D eigenvalue weighted by Gasteiger charge is -2.28. The normalized spacial score (nSPS) is 11.9. The summed E-state index contributed by atoms with van der Waals surface area (Å²) in [6.07, 6.45) is 0. The number of furan rings is 2. The van der Waals surface area contributed by atoms with Crippen molar-refractivity contribution in [3.63, 3.8) is 0 Å². The van der Waals surface area contributed by atoms with Gasteiger partial charge in [0.2, 0.25) is 0 Å². The van der Waals surface area contributed by atoms with Gasteiger partial charge in [0.05, 0.1) is 0 Å². The van der Waals surface area contributed by atoms with Crippen molar-refractivity contribution in [2.75, 3.05) is 9.80 Å². The maximum Gasteiger partial charge on any atom is 0.136 e. The fourth-order valence-electron chi connectivity index (χ4n) is 9.48. The van der Waals surface area contributed by atoms with E-state index in [-0.39, 0.29) is 0 Å². The second-order valence-electron chi connectivity index (χ2n) is 17.4. The van der Waals surface area contributed by atoms with Gasteiger partial charge < -0.3 is 18.6 Å². The van der Waals surface area contributed by atoms with Gasteiger partial charge in [-0.1, -0.05) is 59.7 Å². The van der Waals surface area contributed by atoms with Crippen molar-refractivity contribution in [2.24, 2.45) is 0 Å². The SMILES string of the molecule is Cc1ccc(N(c2ccc3cc4c(cc3c2)oc2ccc3oc5cc6cc(N(c7ccc(C)cc7)c7ccc(C)c(C)c7C)ccc6cc5c3c24)c2ccc(C)c(C)c2C)cc1. The Balaban J connectivity index is 1.05. The van der Waals surface area contributed by atoms with Gasteiger partial charge in [-0.3, -0.25) is 0 Å². The van der Waals surface area contributed by atoms with E-state index in [1.165, 1.54) is 55.9 Å². The van der Waals surface area contributed by atoms with E-state index in [2.05, 4.69) is 211 Å². The molecule has 0 saturated heterocycles. The molecule has 0 unspecified atom stereocenters. The lowest BCUT2D eigenvalue weighted by atomic mass is 9.99. The Morgan fingerprint density at radius 2 is 0.694 bits per heavy atom. The summed E-state index contributed by atoms with van der Waals surface area (Å²) >= 11 is 0. The number of benzene rings is 9. The predicted molar refractivity (Wildman–Crippen MR) is 263 cm³/mol. The molecular weight excluding hydrogens is 757 g/mol. The maximum atomic E-state index is 6.70. The van der Waals surface area contributed by atoms with E-state index < -0.39 is 0 Å². The van der Waals surface area contributed by atoms with E-state index in [9.17, 15) is 0 Å². The van der Waals surface area contributed by atoms with Gasteiger partial charge in [-0.05, 0) is 207 Å². The van der Waals surface area contributed by atoms with Crippen LogP contribution in [-0.4, -0.2) is 0 Å². The van der Waals surface area contributed by atoms with Gasteiger partial charge in [0.1, 0.15) is 22.3 Å². The van der Waals surface area contributed by atoms with Crippen LogP contribution in [-0.2, 0) is 0 Å². The van der Waals surface area contributed by atoms with Gasteiger partial charge in [0.25, 0.3) is 0 Å². The predicted octanol–water partition coefficient (Wildman–Crippen LogP) is 17.2. The van der Waals surface area contributed by atoms with E-state index in [4.69, 9.17) is 8.83 Å². The van der Waals surface area contributed by atoms with Crippen LogP contribution in [0.15, 0.2) is 154 Å². The van der Waals surface area contributed by atoms with Crippen LogP contribution < -0.4 is 9.80 Å². The van der Waals surface area contributed by atoms with E-state index >= 15 is 0 Å². The zero-order chi connectivity index (χ0) is 42.6. The quantitative estimate of drug-likeness (QED) is 0.168. The number of aryl methyl sites for hydroxylation is 4. The molecular formula is C58H48N2O2. The Morgan fingerprint density at radius 3 is 1.10 bits per heavy atom. The zero-order valence-corrected chi connectivity index (χ0v) is 36.6. The molecule has 0 atom stereocenters.